The molecule has 5 nitrogen and oxygen atoms in total. The number of rotatable bonds is 5. The first-order valence-electron chi connectivity index (χ1n) is 6.63. The van der Waals surface area contributed by atoms with Crippen molar-refractivity contribution < 1.29 is 9.90 Å². The van der Waals surface area contributed by atoms with Crippen LogP contribution in [0, 0.1) is 5.92 Å². The van der Waals surface area contributed by atoms with Gasteiger partial charge in [0.25, 0.3) is 0 Å². The van der Waals surface area contributed by atoms with E-state index in [4.69, 9.17) is 5.11 Å². The number of carboxylic acids is 1. The van der Waals surface area contributed by atoms with Crippen LogP contribution < -0.4 is 0 Å². The van der Waals surface area contributed by atoms with Gasteiger partial charge >= 0.3 is 5.97 Å². The highest BCUT2D eigenvalue weighted by molar-refractivity contribution is 5.67. The van der Waals surface area contributed by atoms with Gasteiger partial charge in [0, 0.05) is 31.9 Å². The molecule has 1 N–H and O–H groups in total. The molecule has 1 aliphatic rings. The van der Waals surface area contributed by atoms with Crippen LogP contribution in [0.1, 0.15) is 32.0 Å². The van der Waals surface area contributed by atoms with E-state index >= 15 is 0 Å². The highest BCUT2D eigenvalue weighted by Gasteiger charge is 2.22. The predicted molar refractivity (Wildman–Crippen MR) is 68.2 cm³/mol. The molecule has 1 unspecified atom stereocenters. The summed E-state index contributed by atoms with van der Waals surface area (Å²) in [5.41, 5.74) is 0. The first-order valence-corrected chi connectivity index (χ1v) is 6.63. The number of likely N-dealkylation sites (tertiary alicyclic amines) is 1. The molecule has 100 valence electrons. The summed E-state index contributed by atoms with van der Waals surface area (Å²) in [5, 5.41) is 8.86. The minimum atomic E-state index is -0.683. The SMILES string of the molecule is CCn1ccnc1CN1CCCC(CC(=O)O)C1. The van der Waals surface area contributed by atoms with Crippen molar-refractivity contribution in [3.05, 3.63) is 18.2 Å². The number of aromatic nitrogens is 2. The van der Waals surface area contributed by atoms with Crippen molar-refractivity contribution >= 4 is 5.97 Å². The van der Waals surface area contributed by atoms with Crippen LogP contribution in [0.4, 0.5) is 0 Å². The molecular formula is C13H21N3O2. The molecule has 0 spiro atoms. The lowest BCUT2D eigenvalue weighted by Gasteiger charge is -2.31. The normalized spacial score (nSPS) is 21.1. The van der Waals surface area contributed by atoms with Gasteiger partial charge in [-0.1, -0.05) is 0 Å². The zero-order valence-corrected chi connectivity index (χ0v) is 10.9. The van der Waals surface area contributed by atoms with Crippen LogP contribution >= 0.6 is 0 Å². The van der Waals surface area contributed by atoms with E-state index in [2.05, 4.69) is 21.4 Å². The predicted octanol–water partition coefficient (Wildman–Crippen LogP) is 1.59. The quantitative estimate of drug-likeness (QED) is 0.863. The van der Waals surface area contributed by atoms with Crippen LogP contribution in [0.2, 0.25) is 0 Å². The van der Waals surface area contributed by atoms with E-state index in [1.807, 2.05) is 12.4 Å². The fourth-order valence-electron chi connectivity index (χ4n) is 2.69. The van der Waals surface area contributed by atoms with Gasteiger partial charge in [-0.05, 0) is 32.2 Å². The van der Waals surface area contributed by atoms with E-state index in [1.165, 1.54) is 0 Å². The smallest absolute Gasteiger partial charge is 0.303 e. The summed E-state index contributed by atoms with van der Waals surface area (Å²) < 4.78 is 2.14. The second kappa shape index (κ2) is 6.00. The molecule has 1 aliphatic heterocycles. The van der Waals surface area contributed by atoms with Gasteiger partial charge in [-0.2, -0.15) is 0 Å². The van der Waals surface area contributed by atoms with E-state index in [0.717, 1.165) is 44.8 Å². The van der Waals surface area contributed by atoms with E-state index in [1.54, 1.807) is 0 Å². The fraction of sp³-hybridized carbons (Fsp3) is 0.692. The summed E-state index contributed by atoms with van der Waals surface area (Å²) in [6.07, 6.45) is 6.24. The average molecular weight is 251 g/mol. The molecule has 0 saturated carbocycles. The molecule has 1 aromatic heterocycles. The first kappa shape index (κ1) is 13.1. The Kier molecular flexibility index (Phi) is 4.36. The third-order valence-corrected chi connectivity index (χ3v) is 3.57. The lowest BCUT2D eigenvalue weighted by Crippen LogP contribution is -2.36. The number of carboxylic acid groups (broad SMARTS) is 1. The highest BCUT2D eigenvalue weighted by Crippen LogP contribution is 2.20. The van der Waals surface area contributed by atoms with Gasteiger partial charge in [0.2, 0.25) is 0 Å². The van der Waals surface area contributed by atoms with Crippen molar-refractivity contribution in [1.29, 1.82) is 0 Å². The molecule has 0 amide bonds. The summed E-state index contributed by atoms with van der Waals surface area (Å²) in [4.78, 5) is 17.5. The van der Waals surface area contributed by atoms with E-state index in [-0.39, 0.29) is 0 Å². The number of nitrogens with zero attached hydrogens (tertiary/aromatic N) is 3. The summed E-state index contributed by atoms with van der Waals surface area (Å²) in [6, 6.07) is 0. The number of imidazole rings is 1. The molecule has 1 atom stereocenters. The van der Waals surface area contributed by atoms with Gasteiger partial charge in [0.1, 0.15) is 5.82 Å². The summed E-state index contributed by atoms with van der Waals surface area (Å²) >= 11 is 0. The molecule has 1 aromatic rings. The molecule has 2 rings (SSSR count). The van der Waals surface area contributed by atoms with Crippen LogP contribution in [0.25, 0.3) is 0 Å². The molecule has 2 heterocycles. The highest BCUT2D eigenvalue weighted by atomic mass is 16.4. The van der Waals surface area contributed by atoms with Gasteiger partial charge in [-0.25, -0.2) is 4.98 Å². The largest absolute Gasteiger partial charge is 0.481 e. The van der Waals surface area contributed by atoms with Crippen molar-refractivity contribution in [2.45, 2.75) is 39.3 Å². The zero-order valence-electron chi connectivity index (χ0n) is 10.9. The van der Waals surface area contributed by atoms with Crippen molar-refractivity contribution in [2.75, 3.05) is 13.1 Å². The summed E-state index contributed by atoms with van der Waals surface area (Å²) in [7, 11) is 0. The van der Waals surface area contributed by atoms with Crippen LogP contribution in [0.5, 0.6) is 0 Å². The summed E-state index contributed by atoms with van der Waals surface area (Å²) in [6.45, 7) is 5.79. The van der Waals surface area contributed by atoms with Gasteiger partial charge in [-0.3, -0.25) is 9.69 Å². The Labute approximate surface area is 107 Å². The Hall–Kier alpha value is -1.36. The Bertz CT molecular complexity index is 403. The fourth-order valence-corrected chi connectivity index (χ4v) is 2.69. The monoisotopic (exact) mass is 251 g/mol. The van der Waals surface area contributed by atoms with Crippen LogP contribution in [0.3, 0.4) is 0 Å². The molecular weight excluding hydrogens is 230 g/mol. The third kappa shape index (κ3) is 3.32. The second-order valence-electron chi connectivity index (χ2n) is 4.97. The molecule has 0 aliphatic carbocycles. The molecule has 0 bridgehead atoms. The summed E-state index contributed by atoms with van der Waals surface area (Å²) in [5.74, 6) is 0.687. The van der Waals surface area contributed by atoms with Crippen molar-refractivity contribution in [3.8, 4) is 0 Å². The van der Waals surface area contributed by atoms with Crippen LogP contribution in [-0.2, 0) is 17.9 Å². The van der Waals surface area contributed by atoms with Gasteiger partial charge in [0.05, 0.1) is 6.54 Å². The van der Waals surface area contributed by atoms with E-state index in [0.29, 0.717) is 12.3 Å². The Balaban J connectivity index is 1.91. The van der Waals surface area contributed by atoms with Crippen LogP contribution in [0.15, 0.2) is 12.4 Å². The lowest BCUT2D eigenvalue weighted by atomic mass is 9.95. The van der Waals surface area contributed by atoms with Crippen molar-refractivity contribution in [1.82, 2.24) is 14.5 Å². The van der Waals surface area contributed by atoms with Gasteiger partial charge in [-0.15, -0.1) is 0 Å². The molecule has 0 radical (unpaired) electrons. The first-order chi connectivity index (χ1) is 8.69. The topological polar surface area (TPSA) is 58.4 Å². The Morgan fingerprint density at radius 1 is 1.61 bits per heavy atom. The van der Waals surface area contributed by atoms with Gasteiger partial charge in [0.15, 0.2) is 0 Å². The molecule has 1 saturated heterocycles. The molecule has 18 heavy (non-hydrogen) atoms. The Morgan fingerprint density at radius 3 is 3.17 bits per heavy atom. The lowest BCUT2D eigenvalue weighted by molar-refractivity contribution is -0.138. The zero-order chi connectivity index (χ0) is 13.0. The number of carbonyl (C=O) groups is 1. The minimum Gasteiger partial charge on any atom is -0.481 e. The number of hydrogen-bond donors (Lipinski definition) is 1. The minimum absolute atomic E-state index is 0.290. The third-order valence-electron chi connectivity index (χ3n) is 3.57. The molecule has 0 aromatic carbocycles. The maximum Gasteiger partial charge on any atom is 0.303 e. The van der Waals surface area contributed by atoms with E-state index < -0.39 is 5.97 Å². The van der Waals surface area contributed by atoms with Gasteiger partial charge < -0.3 is 9.67 Å². The number of aliphatic carboxylic acids is 1. The second-order valence-corrected chi connectivity index (χ2v) is 4.97. The number of aryl methyl sites for hydroxylation is 1. The maximum atomic E-state index is 10.8. The Morgan fingerprint density at radius 2 is 2.44 bits per heavy atom. The van der Waals surface area contributed by atoms with Crippen molar-refractivity contribution in [3.63, 3.8) is 0 Å². The average Bonchev–Trinajstić information content (AvgIpc) is 2.76. The standard InChI is InChI=1S/C13H21N3O2/c1-2-16-7-5-14-12(16)10-15-6-3-4-11(9-15)8-13(17)18/h5,7,11H,2-4,6,8-10H2,1H3,(H,17,18). The number of piperidine rings is 1. The van der Waals surface area contributed by atoms with Crippen molar-refractivity contribution in [2.24, 2.45) is 5.92 Å². The van der Waals surface area contributed by atoms with Crippen LogP contribution in [-0.4, -0.2) is 38.6 Å². The number of hydrogen-bond acceptors (Lipinski definition) is 3. The molecule has 1 fully saturated rings. The molecule has 5 heteroatoms. The maximum absolute atomic E-state index is 10.8. The van der Waals surface area contributed by atoms with E-state index in [9.17, 15) is 4.79 Å².